The van der Waals surface area contributed by atoms with Crippen LogP contribution in [0, 0.1) is 0 Å². The summed E-state index contributed by atoms with van der Waals surface area (Å²) in [5.74, 6) is -2.17. The Bertz CT molecular complexity index is 576. The number of pyridine rings is 1. The average molecular weight is 266 g/mol. The van der Waals surface area contributed by atoms with Crippen molar-refractivity contribution < 1.29 is 19.5 Å². The van der Waals surface area contributed by atoms with Crippen LogP contribution < -0.4 is 10.9 Å². The fraction of sp³-hybridized carbons (Fsp3) is 0.333. The van der Waals surface area contributed by atoms with Crippen LogP contribution in [-0.4, -0.2) is 33.4 Å². The van der Waals surface area contributed by atoms with Gasteiger partial charge in [0.15, 0.2) is 5.78 Å². The number of carboxylic acid groups (broad SMARTS) is 1. The Morgan fingerprint density at radius 2 is 2.05 bits per heavy atom. The summed E-state index contributed by atoms with van der Waals surface area (Å²) >= 11 is 0. The molecule has 7 heteroatoms. The average Bonchev–Trinajstić information content (AvgIpc) is 2.31. The van der Waals surface area contributed by atoms with Crippen molar-refractivity contribution in [3.8, 4) is 0 Å². The molecule has 0 aromatic carbocycles. The Kier molecular flexibility index (Phi) is 4.57. The highest BCUT2D eigenvalue weighted by Gasteiger charge is 2.15. The highest BCUT2D eigenvalue weighted by atomic mass is 16.4. The molecule has 0 bridgehead atoms. The van der Waals surface area contributed by atoms with Crippen molar-refractivity contribution >= 4 is 17.7 Å². The second kappa shape index (κ2) is 5.94. The summed E-state index contributed by atoms with van der Waals surface area (Å²) in [6.45, 7) is 2.24. The predicted octanol–water partition coefficient (Wildman–Crippen LogP) is -0.360. The lowest BCUT2D eigenvalue weighted by Gasteiger charge is -2.10. The molecule has 0 aliphatic heterocycles. The molecule has 0 saturated heterocycles. The van der Waals surface area contributed by atoms with Crippen LogP contribution >= 0.6 is 0 Å². The number of hydrogen-bond acceptors (Lipinski definition) is 4. The van der Waals surface area contributed by atoms with Crippen molar-refractivity contribution in [1.82, 2.24) is 9.88 Å². The van der Waals surface area contributed by atoms with Crippen LogP contribution in [0.25, 0.3) is 0 Å². The fourth-order valence-electron chi connectivity index (χ4n) is 1.43. The maximum Gasteiger partial charge on any atom is 0.325 e. The molecule has 1 aromatic rings. The molecule has 102 valence electrons. The van der Waals surface area contributed by atoms with Crippen LogP contribution in [0.1, 0.15) is 24.2 Å². The number of carbonyl (C=O) groups excluding carboxylic acids is 2. The highest BCUT2D eigenvalue weighted by molar-refractivity contribution is 5.93. The Hall–Kier alpha value is -2.44. The largest absolute Gasteiger partial charge is 0.480 e. The normalized spacial score (nSPS) is 11.7. The van der Waals surface area contributed by atoms with E-state index < -0.39 is 29.3 Å². The number of hydrogen-bond donors (Lipinski definition) is 2. The number of rotatable bonds is 5. The summed E-state index contributed by atoms with van der Waals surface area (Å²) in [5.41, 5.74) is -0.588. The van der Waals surface area contributed by atoms with Gasteiger partial charge in [0.2, 0.25) is 5.91 Å². The van der Waals surface area contributed by atoms with Gasteiger partial charge < -0.3 is 15.0 Å². The number of Topliss-reactive ketones (excluding diaryl/α,β-unsaturated/α-hetero) is 1. The molecule has 2 N–H and O–H groups in total. The van der Waals surface area contributed by atoms with Gasteiger partial charge in [0.25, 0.3) is 5.56 Å². The van der Waals surface area contributed by atoms with E-state index in [0.717, 1.165) is 4.57 Å². The van der Waals surface area contributed by atoms with E-state index >= 15 is 0 Å². The molecule has 0 saturated carbocycles. The van der Waals surface area contributed by atoms with Crippen LogP contribution in [0.15, 0.2) is 23.1 Å². The first-order chi connectivity index (χ1) is 8.82. The topological polar surface area (TPSA) is 105 Å². The van der Waals surface area contributed by atoms with Gasteiger partial charge >= 0.3 is 5.97 Å². The molecule has 1 aromatic heterocycles. The Balaban J connectivity index is 2.86. The molecule has 0 aliphatic carbocycles. The van der Waals surface area contributed by atoms with Crippen molar-refractivity contribution in [2.24, 2.45) is 0 Å². The van der Waals surface area contributed by atoms with Gasteiger partial charge in [-0.05, 0) is 26.0 Å². The Morgan fingerprint density at radius 3 is 2.58 bits per heavy atom. The molecule has 0 spiro atoms. The summed E-state index contributed by atoms with van der Waals surface area (Å²) < 4.78 is 1.06. The minimum Gasteiger partial charge on any atom is -0.480 e. The molecule has 0 fully saturated rings. The standard InChI is InChI=1S/C12H14N2O5/c1-7(12(18)19)13-10(16)6-14-5-3-4-9(8(2)15)11(14)17/h3-5,7H,6H2,1-2H3,(H,13,16)(H,18,19)/t7-/m0/s1. The lowest BCUT2D eigenvalue weighted by Crippen LogP contribution is -2.41. The number of ketones is 1. The maximum absolute atomic E-state index is 11.8. The first-order valence-corrected chi connectivity index (χ1v) is 5.55. The van der Waals surface area contributed by atoms with Gasteiger partial charge in [-0.2, -0.15) is 0 Å². The van der Waals surface area contributed by atoms with Crippen LogP contribution in [-0.2, 0) is 16.1 Å². The van der Waals surface area contributed by atoms with Crippen molar-refractivity contribution in [2.45, 2.75) is 26.4 Å². The van der Waals surface area contributed by atoms with Gasteiger partial charge in [0.1, 0.15) is 12.6 Å². The van der Waals surface area contributed by atoms with Gasteiger partial charge in [-0.1, -0.05) is 0 Å². The number of carbonyl (C=O) groups is 3. The van der Waals surface area contributed by atoms with E-state index in [1.165, 1.54) is 32.2 Å². The zero-order chi connectivity index (χ0) is 14.6. The molecule has 1 heterocycles. The number of aromatic nitrogens is 1. The van der Waals surface area contributed by atoms with Crippen molar-refractivity contribution in [2.75, 3.05) is 0 Å². The molecule has 1 rings (SSSR count). The van der Waals surface area contributed by atoms with Gasteiger partial charge in [-0.25, -0.2) is 0 Å². The molecule has 7 nitrogen and oxygen atoms in total. The lowest BCUT2D eigenvalue weighted by atomic mass is 10.2. The van der Waals surface area contributed by atoms with E-state index in [9.17, 15) is 19.2 Å². The molecule has 19 heavy (non-hydrogen) atoms. The van der Waals surface area contributed by atoms with E-state index in [1.54, 1.807) is 0 Å². The quantitative estimate of drug-likeness (QED) is 0.708. The SMILES string of the molecule is CC(=O)c1cccn(CC(=O)N[C@@H](C)C(=O)O)c1=O. The molecular formula is C12H14N2O5. The molecule has 0 unspecified atom stereocenters. The Morgan fingerprint density at radius 1 is 1.42 bits per heavy atom. The van der Waals surface area contributed by atoms with Crippen LogP contribution in [0.2, 0.25) is 0 Å². The summed E-state index contributed by atoms with van der Waals surface area (Å²) in [6.07, 6.45) is 1.36. The molecule has 1 amide bonds. The third kappa shape index (κ3) is 3.77. The minimum atomic E-state index is -1.17. The fourth-order valence-corrected chi connectivity index (χ4v) is 1.43. The monoisotopic (exact) mass is 266 g/mol. The number of nitrogens with zero attached hydrogens (tertiary/aromatic N) is 1. The first kappa shape index (κ1) is 14.6. The second-order valence-electron chi connectivity index (χ2n) is 4.04. The van der Waals surface area contributed by atoms with Crippen molar-refractivity contribution in [3.63, 3.8) is 0 Å². The van der Waals surface area contributed by atoms with Crippen LogP contribution in [0.3, 0.4) is 0 Å². The van der Waals surface area contributed by atoms with Crippen molar-refractivity contribution in [1.29, 1.82) is 0 Å². The zero-order valence-electron chi connectivity index (χ0n) is 10.5. The number of amides is 1. The number of aliphatic carboxylic acids is 1. The number of carboxylic acids is 1. The molecular weight excluding hydrogens is 252 g/mol. The summed E-state index contributed by atoms with van der Waals surface area (Å²) in [7, 11) is 0. The van der Waals surface area contributed by atoms with E-state index in [4.69, 9.17) is 5.11 Å². The summed E-state index contributed by atoms with van der Waals surface area (Å²) in [5, 5.41) is 10.9. The van der Waals surface area contributed by atoms with Gasteiger partial charge in [0, 0.05) is 6.20 Å². The van der Waals surface area contributed by atoms with Gasteiger partial charge in [0.05, 0.1) is 5.56 Å². The second-order valence-corrected chi connectivity index (χ2v) is 4.04. The van der Waals surface area contributed by atoms with E-state index in [2.05, 4.69) is 5.32 Å². The van der Waals surface area contributed by atoms with Gasteiger partial charge in [-0.3, -0.25) is 19.2 Å². The third-order valence-corrected chi connectivity index (χ3v) is 2.46. The Labute approximate surface area is 108 Å². The first-order valence-electron chi connectivity index (χ1n) is 5.55. The van der Waals surface area contributed by atoms with E-state index in [-0.39, 0.29) is 12.1 Å². The number of nitrogens with one attached hydrogen (secondary N) is 1. The predicted molar refractivity (Wildman–Crippen MR) is 65.9 cm³/mol. The highest BCUT2D eigenvalue weighted by Crippen LogP contribution is 1.94. The van der Waals surface area contributed by atoms with E-state index in [1.807, 2.05) is 0 Å². The summed E-state index contributed by atoms with van der Waals surface area (Å²) in [6, 6.07) is 1.81. The smallest absolute Gasteiger partial charge is 0.325 e. The maximum atomic E-state index is 11.8. The van der Waals surface area contributed by atoms with Crippen molar-refractivity contribution in [3.05, 3.63) is 34.2 Å². The van der Waals surface area contributed by atoms with Gasteiger partial charge in [-0.15, -0.1) is 0 Å². The third-order valence-electron chi connectivity index (χ3n) is 2.46. The van der Waals surface area contributed by atoms with E-state index in [0.29, 0.717) is 0 Å². The van der Waals surface area contributed by atoms with Crippen LogP contribution in [0.5, 0.6) is 0 Å². The minimum absolute atomic E-state index is 0.0124. The zero-order valence-corrected chi connectivity index (χ0v) is 10.5. The lowest BCUT2D eigenvalue weighted by molar-refractivity contribution is -0.141. The molecule has 0 radical (unpaired) electrons. The van der Waals surface area contributed by atoms with Crippen LogP contribution in [0.4, 0.5) is 0 Å². The molecule has 0 aliphatic rings. The summed E-state index contributed by atoms with van der Waals surface area (Å²) in [4.78, 5) is 45.1. The molecule has 1 atom stereocenters.